The van der Waals surface area contributed by atoms with Crippen LogP contribution in [0.25, 0.3) is 0 Å². The van der Waals surface area contributed by atoms with E-state index < -0.39 is 67.3 Å². The highest BCUT2D eigenvalue weighted by Crippen LogP contribution is 2.27. The lowest BCUT2D eigenvalue weighted by Crippen LogP contribution is -2.61. The SMILES string of the molecule is CC/C=C\C/C=C\C/C=C\C/C=C\C/C=C\CCCCCC(=O)OCC(COC1OC(C(=O)O)C(O)C(O)C1OC(=O)CCCCCCCCC/C=C\C/C=C\C/C=C\CC)OC(=O)CCCCCCCCCCCCCCCCC. The molecule has 0 aliphatic carbocycles. The zero-order valence-electron chi connectivity index (χ0n) is 51.0. The van der Waals surface area contributed by atoms with Crippen LogP contribution in [0, 0.1) is 0 Å². The van der Waals surface area contributed by atoms with Gasteiger partial charge in [0.1, 0.15) is 18.8 Å². The summed E-state index contributed by atoms with van der Waals surface area (Å²) < 4.78 is 28.5. The summed E-state index contributed by atoms with van der Waals surface area (Å²) in [7, 11) is 0. The second-order valence-electron chi connectivity index (χ2n) is 21.6. The van der Waals surface area contributed by atoms with Crippen molar-refractivity contribution in [2.45, 2.75) is 302 Å². The molecule has 0 aromatic rings. The first-order chi connectivity index (χ1) is 39.6. The lowest BCUT2D eigenvalue weighted by Gasteiger charge is -2.40. The average molecular weight is 1140 g/mol. The fourth-order valence-corrected chi connectivity index (χ4v) is 9.29. The number of hydrogen-bond donors (Lipinski definition) is 3. The molecule has 1 heterocycles. The normalized spacial score (nSPS) is 18.4. The van der Waals surface area contributed by atoms with Crippen molar-refractivity contribution < 1.29 is 58.2 Å². The fourth-order valence-electron chi connectivity index (χ4n) is 9.29. The average Bonchev–Trinajstić information content (AvgIpc) is 3.53. The van der Waals surface area contributed by atoms with E-state index in [1.54, 1.807) is 0 Å². The summed E-state index contributed by atoms with van der Waals surface area (Å²) >= 11 is 0. The lowest BCUT2D eigenvalue weighted by atomic mass is 9.98. The van der Waals surface area contributed by atoms with Crippen molar-refractivity contribution >= 4 is 23.9 Å². The van der Waals surface area contributed by atoms with Crippen LogP contribution >= 0.6 is 0 Å². The molecule has 1 aliphatic heterocycles. The quantitative estimate of drug-likeness (QED) is 0.0228. The van der Waals surface area contributed by atoms with Gasteiger partial charge in [-0.1, -0.05) is 246 Å². The van der Waals surface area contributed by atoms with Crippen LogP contribution in [0.4, 0.5) is 0 Å². The van der Waals surface area contributed by atoms with Gasteiger partial charge in [-0.3, -0.25) is 14.4 Å². The molecule has 6 atom stereocenters. The highest BCUT2D eigenvalue weighted by molar-refractivity contribution is 5.74. The molecular formula is C69H114O12. The smallest absolute Gasteiger partial charge is 0.335 e. The third-order valence-electron chi connectivity index (χ3n) is 14.2. The second kappa shape index (κ2) is 56.1. The fraction of sp³-hybridized carbons (Fsp3) is 0.710. The number of aliphatic hydroxyl groups excluding tert-OH is 2. The van der Waals surface area contributed by atoms with Crippen LogP contribution < -0.4 is 0 Å². The van der Waals surface area contributed by atoms with E-state index in [9.17, 15) is 34.5 Å². The summed E-state index contributed by atoms with van der Waals surface area (Å²) in [6, 6.07) is 0. The number of carbonyl (C=O) groups is 4. The first-order valence-electron chi connectivity index (χ1n) is 32.2. The van der Waals surface area contributed by atoms with Crippen molar-refractivity contribution in [2.24, 2.45) is 0 Å². The standard InChI is InChI=1S/C69H114O12/c1-4-7-10-13-16-19-22-25-28-30-31-33-35-37-40-43-46-49-52-55-61(70)77-58-60(79-62(71)56-53-50-47-44-41-38-34-27-24-21-18-15-12-9-6-3)59-78-69-67(65(74)64(73)66(81-69)68(75)76)80-63(72)57-54-51-48-45-42-39-36-32-29-26-23-20-17-14-11-8-5-2/h7-8,10-11,16-17,19-20,25-26,28-29,31,33,37,40,60,64-67,69,73-74H,4-6,9,12-15,18,21-24,27,30,32,34-36,38-39,41-59H2,1-3H3,(H,75,76)/b10-7-,11-8-,19-16-,20-17-,28-25-,29-26-,33-31-,40-37-. The van der Waals surface area contributed by atoms with Crippen LogP contribution in [0.15, 0.2) is 97.2 Å². The zero-order chi connectivity index (χ0) is 58.9. The number of carboxylic acids is 1. The second-order valence-corrected chi connectivity index (χ2v) is 21.6. The van der Waals surface area contributed by atoms with Gasteiger partial charge in [-0.2, -0.15) is 0 Å². The summed E-state index contributed by atoms with van der Waals surface area (Å²) in [6.07, 6.45) is 62.2. The molecule has 0 aromatic heterocycles. The predicted molar refractivity (Wildman–Crippen MR) is 331 cm³/mol. The van der Waals surface area contributed by atoms with Crippen LogP contribution in [0.2, 0.25) is 0 Å². The summed E-state index contributed by atoms with van der Waals surface area (Å²) in [5.41, 5.74) is 0. The molecule has 0 spiro atoms. The minimum Gasteiger partial charge on any atom is -0.479 e. The van der Waals surface area contributed by atoms with Gasteiger partial charge in [0.15, 0.2) is 24.6 Å². The van der Waals surface area contributed by atoms with Crippen LogP contribution in [0.3, 0.4) is 0 Å². The van der Waals surface area contributed by atoms with Gasteiger partial charge < -0.3 is 39.0 Å². The molecule has 1 saturated heterocycles. The van der Waals surface area contributed by atoms with E-state index in [2.05, 4.69) is 118 Å². The molecule has 0 bridgehead atoms. The van der Waals surface area contributed by atoms with E-state index >= 15 is 0 Å². The summed E-state index contributed by atoms with van der Waals surface area (Å²) in [6.45, 7) is 5.76. The molecule has 12 nitrogen and oxygen atoms in total. The Morgan fingerprint density at radius 1 is 0.420 bits per heavy atom. The van der Waals surface area contributed by atoms with Gasteiger partial charge in [0, 0.05) is 19.3 Å². The highest BCUT2D eigenvalue weighted by Gasteiger charge is 2.50. The van der Waals surface area contributed by atoms with Crippen molar-refractivity contribution in [1.29, 1.82) is 0 Å². The Hall–Kier alpha value is -4.36. The van der Waals surface area contributed by atoms with E-state index in [-0.39, 0.29) is 25.9 Å². The first-order valence-corrected chi connectivity index (χ1v) is 32.2. The number of unbranched alkanes of at least 4 members (excludes halogenated alkanes) is 24. The van der Waals surface area contributed by atoms with Crippen molar-refractivity contribution in [3.63, 3.8) is 0 Å². The van der Waals surface area contributed by atoms with E-state index in [0.717, 1.165) is 135 Å². The number of allylic oxidation sites excluding steroid dienone is 16. The maximum atomic E-state index is 13.2. The van der Waals surface area contributed by atoms with Gasteiger partial charge in [0.2, 0.25) is 0 Å². The Morgan fingerprint density at radius 3 is 1.20 bits per heavy atom. The Labute approximate surface area is 492 Å². The zero-order valence-corrected chi connectivity index (χ0v) is 51.0. The van der Waals surface area contributed by atoms with Crippen molar-refractivity contribution in [2.75, 3.05) is 13.2 Å². The van der Waals surface area contributed by atoms with E-state index in [0.29, 0.717) is 19.3 Å². The Morgan fingerprint density at radius 2 is 0.778 bits per heavy atom. The van der Waals surface area contributed by atoms with Crippen LogP contribution in [-0.2, 0) is 42.9 Å². The minimum absolute atomic E-state index is 0.0431. The van der Waals surface area contributed by atoms with Gasteiger partial charge in [-0.25, -0.2) is 4.79 Å². The van der Waals surface area contributed by atoms with Gasteiger partial charge in [-0.15, -0.1) is 0 Å². The van der Waals surface area contributed by atoms with Crippen molar-refractivity contribution in [3.05, 3.63) is 97.2 Å². The van der Waals surface area contributed by atoms with Gasteiger partial charge >= 0.3 is 23.9 Å². The largest absolute Gasteiger partial charge is 0.479 e. The van der Waals surface area contributed by atoms with Gasteiger partial charge in [0.05, 0.1) is 6.61 Å². The molecule has 1 rings (SSSR count). The molecule has 12 heteroatoms. The van der Waals surface area contributed by atoms with Crippen LogP contribution in [0.1, 0.15) is 265 Å². The highest BCUT2D eigenvalue weighted by atomic mass is 16.7. The Kier molecular flexibility index (Phi) is 51.7. The molecule has 462 valence electrons. The number of carbonyl (C=O) groups excluding carboxylic acids is 3. The lowest BCUT2D eigenvalue weighted by molar-refractivity contribution is -0.301. The summed E-state index contributed by atoms with van der Waals surface area (Å²) in [5, 5.41) is 31.6. The monoisotopic (exact) mass is 1130 g/mol. The number of aliphatic carboxylic acids is 1. The predicted octanol–water partition coefficient (Wildman–Crippen LogP) is 17.2. The molecule has 1 fully saturated rings. The molecule has 0 aromatic carbocycles. The molecule has 6 unspecified atom stereocenters. The van der Waals surface area contributed by atoms with Crippen molar-refractivity contribution in [1.82, 2.24) is 0 Å². The maximum Gasteiger partial charge on any atom is 0.335 e. The Balaban J connectivity index is 2.69. The molecule has 3 N–H and O–H groups in total. The molecule has 0 saturated carbocycles. The number of hydrogen-bond acceptors (Lipinski definition) is 11. The van der Waals surface area contributed by atoms with Crippen LogP contribution in [0.5, 0.6) is 0 Å². The number of carboxylic acid groups (broad SMARTS) is 1. The van der Waals surface area contributed by atoms with E-state index in [1.807, 2.05) is 0 Å². The third kappa shape index (κ3) is 45.8. The van der Waals surface area contributed by atoms with Crippen molar-refractivity contribution in [3.8, 4) is 0 Å². The number of ether oxygens (including phenoxy) is 5. The first kappa shape index (κ1) is 74.7. The summed E-state index contributed by atoms with van der Waals surface area (Å²) in [4.78, 5) is 51.3. The molecular weight excluding hydrogens is 1020 g/mol. The molecule has 81 heavy (non-hydrogen) atoms. The third-order valence-corrected chi connectivity index (χ3v) is 14.2. The number of esters is 3. The minimum atomic E-state index is -1.91. The van der Waals surface area contributed by atoms with Gasteiger partial charge in [-0.05, 0) is 96.3 Å². The Bertz CT molecular complexity index is 1780. The number of aliphatic hydroxyl groups is 2. The molecule has 1 aliphatic rings. The summed E-state index contributed by atoms with van der Waals surface area (Å²) in [5.74, 6) is -3.17. The maximum absolute atomic E-state index is 13.2. The van der Waals surface area contributed by atoms with E-state index in [1.165, 1.54) is 70.6 Å². The van der Waals surface area contributed by atoms with Gasteiger partial charge in [0.25, 0.3) is 0 Å². The topological polar surface area (TPSA) is 175 Å². The molecule has 0 amide bonds. The van der Waals surface area contributed by atoms with Crippen LogP contribution in [-0.4, -0.2) is 89.2 Å². The molecule has 0 radical (unpaired) electrons. The van der Waals surface area contributed by atoms with E-state index in [4.69, 9.17) is 23.7 Å². The number of rotatable bonds is 54.